The Morgan fingerprint density at radius 1 is 0.633 bits per heavy atom. The highest BCUT2D eigenvalue weighted by Crippen LogP contribution is 2.28. The lowest BCUT2D eigenvalue weighted by atomic mass is 10.1. The van der Waals surface area contributed by atoms with Crippen LogP contribution in [0.3, 0.4) is 0 Å². The maximum Gasteiger partial charge on any atom is 0.261 e. The molecule has 1 heterocycles. The summed E-state index contributed by atoms with van der Waals surface area (Å²) < 4.78 is 6.14. The van der Waals surface area contributed by atoms with Gasteiger partial charge in [-0.3, -0.25) is 14.5 Å². The molecule has 0 saturated heterocycles. The van der Waals surface area contributed by atoms with E-state index in [0.29, 0.717) is 17.7 Å². The number of fused-ring (bicyclic) bond motifs is 2. The highest BCUT2D eigenvalue weighted by atomic mass is 16.5. The van der Waals surface area contributed by atoms with Crippen LogP contribution in [-0.2, 0) is 13.2 Å². The van der Waals surface area contributed by atoms with Crippen LogP contribution in [0.1, 0.15) is 31.8 Å². The van der Waals surface area contributed by atoms with E-state index in [9.17, 15) is 9.59 Å². The molecule has 0 bridgehead atoms. The van der Waals surface area contributed by atoms with Crippen LogP contribution in [0.5, 0.6) is 5.75 Å². The summed E-state index contributed by atoms with van der Waals surface area (Å²) in [5.41, 5.74) is 2.77. The van der Waals surface area contributed by atoms with Gasteiger partial charge in [-0.15, -0.1) is 0 Å². The molecule has 4 aromatic rings. The van der Waals surface area contributed by atoms with Crippen LogP contribution < -0.4 is 4.74 Å². The van der Waals surface area contributed by atoms with Gasteiger partial charge in [-0.25, -0.2) is 0 Å². The van der Waals surface area contributed by atoms with E-state index in [4.69, 9.17) is 4.74 Å². The normalized spacial score (nSPS) is 13.0. The van der Waals surface area contributed by atoms with Crippen LogP contribution in [0.15, 0.2) is 91.0 Å². The van der Waals surface area contributed by atoms with Crippen molar-refractivity contribution in [2.45, 2.75) is 13.2 Å². The van der Waals surface area contributed by atoms with Crippen molar-refractivity contribution in [3.05, 3.63) is 113 Å². The lowest BCUT2D eigenvalue weighted by Crippen LogP contribution is -2.29. The third-order valence-electron chi connectivity index (χ3n) is 5.46. The Labute approximate surface area is 174 Å². The molecule has 0 unspecified atom stereocenters. The summed E-state index contributed by atoms with van der Waals surface area (Å²) in [5, 5.41) is 2.17. The molecule has 0 aliphatic carbocycles. The summed E-state index contributed by atoms with van der Waals surface area (Å²) >= 11 is 0. The van der Waals surface area contributed by atoms with Crippen molar-refractivity contribution in [3.8, 4) is 5.75 Å². The molecular weight excluding hydrogens is 374 g/mol. The number of ether oxygens (including phenoxy) is 1. The second kappa shape index (κ2) is 7.48. The molecule has 30 heavy (non-hydrogen) atoms. The van der Waals surface area contributed by atoms with Gasteiger partial charge in [0.05, 0.1) is 17.7 Å². The molecule has 4 nitrogen and oxygen atoms in total. The van der Waals surface area contributed by atoms with Crippen LogP contribution in [-0.4, -0.2) is 16.7 Å². The number of amides is 2. The van der Waals surface area contributed by atoms with Gasteiger partial charge in [-0.05, 0) is 34.7 Å². The Morgan fingerprint density at radius 2 is 1.23 bits per heavy atom. The second-order valence-electron chi connectivity index (χ2n) is 7.28. The first-order valence-electron chi connectivity index (χ1n) is 9.85. The van der Waals surface area contributed by atoms with Crippen LogP contribution in [0, 0.1) is 0 Å². The smallest absolute Gasteiger partial charge is 0.261 e. The van der Waals surface area contributed by atoms with E-state index in [1.807, 2.05) is 54.6 Å². The predicted octanol–water partition coefficient (Wildman–Crippen LogP) is 5.22. The van der Waals surface area contributed by atoms with Crippen molar-refractivity contribution >= 4 is 22.6 Å². The average Bonchev–Trinajstić information content (AvgIpc) is 3.03. The molecule has 4 heteroatoms. The minimum absolute atomic E-state index is 0.224. The lowest BCUT2D eigenvalue weighted by Gasteiger charge is -2.17. The van der Waals surface area contributed by atoms with E-state index < -0.39 is 0 Å². The molecule has 5 rings (SSSR count). The number of rotatable bonds is 5. The third kappa shape index (κ3) is 3.12. The highest BCUT2D eigenvalue weighted by molar-refractivity contribution is 6.21. The standard InChI is InChI=1S/C26H19NO3/c28-25-22-13-5-6-14-23(22)26(29)27(25)16-19-9-1-2-10-20(19)17-30-24-15-7-11-18-8-3-4-12-21(18)24/h1-15H,16-17H2. The molecule has 0 fully saturated rings. The highest BCUT2D eigenvalue weighted by Gasteiger charge is 2.35. The number of hydrogen-bond donors (Lipinski definition) is 0. The van der Waals surface area contributed by atoms with E-state index >= 15 is 0 Å². The van der Waals surface area contributed by atoms with Gasteiger partial charge >= 0.3 is 0 Å². The molecule has 0 aromatic heterocycles. The Kier molecular flexibility index (Phi) is 4.52. The van der Waals surface area contributed by atoms with Gasteiger partial charge in [0.1, 0.15) is 12.4 Å². The van der Waals surface area contributed by atoms with Crippen molar-refractivity contribution < 1.29 is 14.3 Å². The second-order valence-corrected chi connectivity index (χ2v) is 7.28. The van der Waals surface area contributed by atoms with E-state index in [-0.39, 0.29) is 18.4 Å². The molecule has 1 aliphatic rings. The monoisotopic (exact) mass is 393 g/mol. The summed E-state index contributed by atoms with van der Waals surface area (Å²) in [7, 11) is 0. The lowest BCUT2D eigenvalue weighted by molar-refractivity contribution is 0.0641. The number of nitrogens with zero attached hydrogens (tertiary/aromatic N) is 1. The maximum absolute atomic E-state index is 12.7. The molecule has 2 amide bonds. The van der Waals surface area contributed by atoms with Crippen LogP contribution >= 0.6 is 0 Å². The minimum atomic E-state index is -0.250. The van der Waals surface area contributed by atoms with Crippen molar-refractivity contribution in [3.63, 3.8) is 0 Å². The zero-order valence-electron chi connectivity index (χ0n) is 16.2. The van der Waals surface area contributed by atoms with E-state index in [2.05, 4.69) is 12.1 Å². The number of carbonyl (C=O) groups is 2. The molecule has 0 radical (unpaired) electrons. The number of benzene rings is 4. The van der Waals surface area contributed by atoms with Gasteiger partial charge in [-0.2, -0.15) is 0 Å². The summed E-state index contributed by atoms with van der Waals surface area (Å²) in [6.07, 6.45) is 0. The zero-order chi connectivity index (χ0) is 20.5. The summed E-state index contributed by atoms with van der Waals surface area (Å²) in [6.45, 7) is 0.578. The molecule has 146 valence electrons. The first-order chi connectivity index (χ1) is 14.7. The fourth-order valence-electron chi connectivity index (χ4n) is 3.88. The molecule has 1 aliphatic heterocycles. The Hall–Kier alpha value is -3.92. The summed E-state index contributed by atoms with van der Waals surface area (Å²) in [5.74, 6) is 0.310. The van der Waals surface area contributed by atoms with E-state index in [0.717, 1.165) is 27.6 Å². The first-order valence-corrected chi connectivity index (χ1v) is 9.85. The molecule has 0 atom stereocenters. The Balaban J connectivity index is 1.39. The molecule has 4 aromatic carbocycles. The molecular formula is C26H19NO3. The van der Waals surface area contributed by atoms with Crippen molar-refractivity contribution in [1.82, 2.24) is 4.90 Å². The van der Waals surface area contributed by atoms with Crippen molar-refractivity contribution in [1.29, 1.82) is 0 Å². The Morgan fingerprint density at radius 3 is 2.00 bits per heavy atom. The van der Waals surface area contributed by atoms with E-state index in [1.54, 1.807) is 24.3 Å². The predicted molar refractivity (Wildman–Crippen MR) is 115 cm³/mol. The van der Waals surface area contributed by atoms with Crippen LogP contribution in [0.4, 0.5) is 0 Å². The molecule has 0 N–H and O–H groups in total. The van der Waals surface area contributed by atoms with Gasteiger partial charge in [0.25, 0.3) is 11.8 Å². The largest absolute Gasteiger partial charge is 0.488 e. The SMILES string of the molecule is O=C1c2ccccc2C(=O)N1Cc1ccccc1COc1cccc2ccccc12. The van der Waals surface area contributed by atoms with Gasteiger partial charge in [-0.1, -0.05) is 72.8 Å². The Bertz CT molecular complexity index is 1240. The first kappa shape index (κ1) is 18.1. The average molecular weight is 393 g/mol. The molecule has 0 spiro atoms. The van der Waals surface area contributed by atoms with Crippen LogP contribution in [0.2, 0.25) is 0 Å². The van der Waals surface area contributed by atoms with Crippen molar-refractivity contribution in [2.24, 2.45) is 0 Å². The van der Waals surface area contributed by atoms with Crippen molar-refractivity contribution in [2.75, 3.05) is 0 Å². The topological polar surface area (TPSA) is 46.6 Å². The summed E-state index contributed by atoms with van der Waals surface area (Å²) in [4.78, 5) is 26.8. The zero-order valence-corrected chi connectivity index (χ0v) is 16.2. The van der Waals surface area contributed by atoms with Gasteiger partial charge in [0.2, 0.25) is 0 Å². The van der Waals surface area contributed by atoms with Gasteiger partial charge in [0, 0.05) is 5.39 Å². The van der Waals surface area contributed by atoms with Gasteiger partial charge < -0.3 is 4.74 Å². The molecule has 0 saturated carbocycles. The number of hydrogen-bond acceptors (Lipinski definition) is 3. The fourth-order valence-corrected chi connectivity index (χ4v) is 3.88. The van der Waals surface area contributed by atoms with E-state index in [1.165, 1.54) is 4.90 Å². The van der Waals surface area contributed by atoms with Gasteiger partial charge in [0.15, 0.2) is 0 Å². The number of carbonyl (C=O) groups excluding carboxylic acids is 2. The fraction of sp³-hybridized carbons (Fsp3) is 0.0769. The third-order valence-corrected chi connectivity index (χ3v) is 5.46. The maximum atomic E-state index is 12.7. The summed E-state index contributed by atoms with van der Waals surface area (Å²) in [6, 6.07) is 28.8. The van der Waals surface area contributed by atoms with Crippen LogP contribution in [0.25, 0.3) is 10.8 Å². The number of imide groups is 1. The quantitative estimate of drug-likeness (QED) is 0.437. The minimum Gasteiger partial charge on any atom is -0.488 e.